The highest BCUT2D eigenvalue weighted by atomic mass is 35.5. The van der Waals surface area contributed by atoms with Gasteiger partial charge in [-0.1, -0.05) is 128 Å². The summed E-state index contributed by atoms with van der Waals surface area (Å²) >= 11 is 6.73. The Kier molecular flexibility index (Phi) is 15.7. The summed E-state index contributed by atoms with van der Waals surface area (Å²) in [4.78, 5) is -0.227. The number of hydrogen-bond donors (Lipinski definition) is 0. The molecule has 0 saturated carbocycles. The summed E-state index contributed by atoms with van der Waals surface area (Å²) in [6.07, 6.45) is 25.0. The van der Waals surface area contributed by atoms with Crippen molar-refractivity contribution in [3.8, 4) is 0 Å². The molecule has 0 N–H and O–H groups in total. The lowest BCUT2D eigenvalue weighted by molar-refractivity contribution is 0.529. The second-order valence-corrected chi connectivity index (χ2v) is 10.5. The van der Waals surface area contributed by atoms with Gasteiger partial charge in [0, 0.05) is 0 Å². The number of halogens is 1. The Morgan fingerprint density at radius 2 is 1.10 bits per heavy atom. The Bertz CT molecular complexity index is 531. The smallest absolute Gasteiger partial charge is 0.0666 e. The molecule has 1 rings (SSSR count). The van der Waals surface area contributed by atoms with E-state index in [4.69, 9.17) is 11.6 Å². The zero-order valence-corrected chi connectivity index (χ0v) is 21.6. The van der Waals surface area contributed by atoms with E-state index in [1.54, 1.807) is 0 Å². The highest BCUT2D eigenvalue weighted by Gasteiger charge is 2.23. The van der Waals surface area contributed by atoms with E-state index in [1.165, 1.54) is 126 Å². The number of aryl methyl sites for hydroxylation is 1. The minimum Gasteiger partial charge on any atom is -0.114 e. The minimum atomic E-state index is -0.227. The molecule has 174 valence electrons. The summed E-state index contributed by atoms with van der Waals surface area (Å²) in [7, 11) is 0. The summed E-state index contributed by atoms with van der Waals surface area (Å²) in [5.74, 6) is 0. The molecule has 0 fully saturated rings. The molecule has 0 heterocycles. The maximum atomic E-state index is 6.73. The van der Waals surface area contributed by atoms with E-state index >= 15 is 0 Å². The number of benzene rings is 1. The number of unbranched alkanes of at least 4 members (excludes halogenated alkanes) is 15. The molecule has 0 nitrogen and oxygen atoms in total. The van der Waals surface area contributed by atoms with Gasteiger partial charge in [0.25, 0.3) is 0 Å². The third kappa shape index (κ3) is 11.8. The molecular formula is C29H51Cl. The van der Waals surface area contributed by atoms with Crippen molar-refractivity contribution in [1.82, 2.24) is 0 Å². The molecule has 1 heteroatoms. The van der Waals surface area contributed by atoms with Gasteiger partial charge in [-0.25, -0.2) is 0 Å². The largest absolute Gasteiger partial charge is 0.114 e. The van der Waals surface area contributed by atoms with Gasteiger partial charge in [-0.15, -0.1) is 11.6 Å². The predicted molar refractivity (Wildman–Crippen MR) is 138 cm³/mol. The molecule has 0 aliphatic heterocycles. The summed E-state index contributed by atoms with van der Waals surface area (Å²) in [6, 6.07) is 6.70. The fourth-order valence-electron chi connectivity index (χ4n) is 4.57. The third-order valence-electron chi connectivity index (χ3n) is 6.97. The highest BCUT2D eigenvalue weighted by molar-refractivity contribution is 6.23. The fraction of sp³-hybridized carbons (Fsp3) is 0.793. The zero-order valence-electron chi connectivity index (χ0n) is 20.8. The molecule has 0 saturated heterocycles. The van der Waals surface area contributed by atoms with E-state index in [2.05, 4.69) is 45.9 Å². The highest BCUT2D eigenvalue weighted by Crippen LogP contribution is 2.35. The van der Waals surface area contributed by atoms with Gasteiger partial charge in [-0.05, 0) is 49.8 Å². The normalized spacial score (nSPS) is 13.5. The van der Waals surface area contributed by atoms with Crippen LogP contribution >= 0.6 is 11.6 Å². The van der Waals surface area contributed by atoms with Crippen LogP contribution in [0.5, 0.6) is 0 Å². The van der Waals surface area contributed by atoms with E-state index in [0.29, 0.717) is 0 Å². The summed E-state index contributed by atoms with van der Waals surface area (Å²) in [6.45, 7) is 8.88. The van der Waals surface area contributed by atoms with Crippen LogP contribution < -0.4 is 0 Å². The van der Waals surface area contributed by atoms with E-state index in [9.17, 15) is 0 Å². The van der Waals surface area contributed by atoms with Gasteiger partial charge >= 0.3 is 0 Å². The quantitative estimate of drug-likeness (QED) is 0.150. The van der Waals surface area contributed by atoms with Gasteiger partial charge in [0.05, 0.1) is 4.87 Å². The van der Waals surface area contributed by atoms with Crippen LogP contribution in [0.2, 0.25) is 0 Å². The molecule has 0 radical (unpaired) electrons. The molecule has 0 aliphatic carbocycles. The second-order valence-electron chi connectivity index (χ2n) is 9.69. The van der Waals surface area contributed by atoms with E-state index < -0.39 is 0 Å². The van der Waals surface area contributed by atoms with Gasteiger partial charge in [0.2, 0.25) is 0 Å². The van der Waals surface area contributed by atoms with Crippen molar-refractivity contribution >= 4 is 11.6 Å². The summed E-state index contributed by atoms with van der Waals surface area (Å²) in [5.41, 5.74) is 4.23. The molecule has 0 bridgehead atoms. The molecule has 1 aromatic rings. The minimum absolute atomic E-state index is 0.227. The average molecular weight is 435 g/mol. The summed E-state index contributed by atoms with van der Waals surface area (Å²) < 4.78 is 0. The molecule has 0 aliphatic rings. The Hall–Kier alpha value is -0.490. The maximum absolute atomic E-state index is 6.73. The molecule has 1 atom stereocenters. The van der Waals surface area contributed by atoms with Crippen molar-refractivity contribution < 1.29 is 0 Å². The van der Waals surface area contributed by atoms with E-state index in [-0.39, 0.29) is 4.87 Å². The first-order valence-corrected chi connectivity index (χ1v) is 13.7. The number of hydrogen-bond acceptors (Lipinski definition) is 0. The Labute approximate surface area is 194 Å². The first kappa shape index (κ1) is 27.5. The predicted octanol–water partition coefficient (Wildman–Crippen LogP) is 10.7. The second kappa shape index (κ2) is 17.1. The van der Waals surface area contributed by atoms with Gasteiger partial charge < -0.3 is 0 Å². The molecule has 1 aromatic carbocycles. The molecule has 0 amide bonds. The van der Waals surface area contributed by atoms with Gasteiger partial charge in [-0.2, -0.15) is 0 Å². The van der Waals surface area contributed by atoms with Crippen LogP contribution in [0.3, 0.4) is 0 Å². The van der Waals surface area contributed by atoms with Crippen LogP contribution in [-0.2, 0) is 11.3 Å². The maximum Gasteiger partial charge on any atom is 0.0666 e. The van der Waals surface area contributed by atoms with Gasteiger partial charge in [-0.3, -0.25) is 0 Å². The van der Waals surface area contributed by atoms with Crippen molar-refractivity contribution in [1.29, 1.82) is 0 Å². The van der Waals surface area contributed by atoms with E-state index in [0.717, 1.165) is 6.42 Å². The van der Waals surface area contributed by atoms with E-state index in [1.807, 2.05) is 0 Å². The standard InChI is InChI=1S/C29H51Cl/c1-5-7-8-9-10-11-12-13-14-15-16-17-18-19-20-21-23-27-24-22-25-28(26(27)3)29(4,30)6-2/h22,24-25H,5-21,23H2,1-4H3. The molecular weight excluding hydrogens is 384 g/mol. The molecule has 30 heavy (non-hydrogen) atoms. The lowest BCUT2D eigenvalue weighted by atomic mass is 9.89. The lowest BCUT2D eigenvalue weighted by Crippen LogP contribution is -2.14. The van der Waals surface area contributed by atoms with Crippen LogP contribution in [0.25, 0.3) is 0 Å². The average Bonchev–Trinajstić information content (AvgIpc) is 2.74. The van der Waals surface area contributed by atoms with Gasteiger partial charge in [0.1, 0.15) is 0 Å². The monoisotopic (exact) mass is 434 g/mol. The number of rotatable bonds is 19. The van der Waals surface area contributed by atoms with Crippen molar-refractivity contribution in [3.63, 3.8) is 0 Å². The van der Waals surface area contributed by atoms with Crippen molar-refractivity contribution in [2.45, 2.75) is 148 Å². The van der Waals surface area contributed by atoms with Crippen LogP contribution in [0.15, 0.2) is 18.2 Å². The van der Waals surface area contributed by atoms with Crippen LogP contribution in [0, 0.1) is 6.92 Å². The van der Waals surface area contributed by atoms with Crippen LogP contribution in [0.4, 0.5) is 0 Å². The van der Waals surface area contributed by atoms with Crippen molar-refractivity contribution in [3.05, 3.63) is 34.9 Å². The first-order chi connectivity index (χ1) is 14.5. The lowest BCUT2D eigenvalue weighted by Gasteiger charge is -2.24. The Morgan fingerprint density at radius 1 is 0.667 bits per heavy atom. The fourth-order valence-corrected chi connectivity index (χ4v) is 4.78. The molecule has 0 aromatic heterocycles. The third-order valence-corrected chi connectivity index (χ3v) is 7.44. The Morgan fingerprint density at radius 3 is 1.53 bits per heavy atom. The Balaban J connectivity index is 1.99. The molecule has 1 unspecified atom stereocenters. The zero-order chi connectivity index (χ0) is 22.1. The van der Waals surface area contributed by atoms with Crippen LogP contribution in [-0.4, -0.2) is 0 Å². The van der Waals surface area contributed by atoms with Gasteiger partial charge in [0.15, 0.2) is 0 Å². The first-order valence-electron chi connectivity index (χ1n) is 13.3. The van der Waals surface area contributed by atoms with Crippen molar-refractivity contribution in [2.24, 2.45) is 0 Å². The summed E-state index contributed by atoms with van der Waals surface area (Å²) in [5, 5.41) is 0. The van der Waals surface area contributed by atoms with Crippen molar-refractivity contribution in [2.75, 3.05) is 0 Å². The molecule has 0 spiro atoms. The van der Waals surface area contributed by atoms with Crippen LogP contribution in [0.1, 0.15) is 147 Å². The number of alkyl halides is 1. The SMILES string of the molecule is CCCCCCCCCCCCCCCCCCc1cccc(C(C)(Cl)CC)c1C. The topological polar surface area (TPSA) is 0 Å².